The highest BCUT2D eigenvalue weighted by molar-refractivity contribution is 7.13. The SMILES string of the molecule is CC[C@H]1OC(=O)[C@H](C)C(=O)[C@H](C)[C@@H](O[C@@H]2O[C@H](C)C[C@H](N(C)C)[C@H]2O)[C@](C)(OCC#CCc2ccc(-c3cccs3)cc2)C[C@@H](C)C2=NCCN3C(=O)O[C@@]1(C)[C@H]3[C@H]2C. The molecule has 13 heteroatoms. The lowest BCUT2D eigenvalue weighted by atomic mass is 9.73. The summed E-state index contributed by atoms with van der Waals surface area (Å²) in [6.07, 6.45) is -2.84. The molecule has 0 unspecified atom stereocenters. The number of likely N-dealkylation sites (N-methyl/N-ethyl adjacent to an activating group) is 1. The predicted molar refractivity (Wildman–Crippen MR) is 227 cm³/mol. The molecule has 1 aromatic carbocycles. The van der Waals surface area contributed by atoms with Crippen molar-refractivity contribution >= 4 is 34.9 Å². The summed E-state index contributed by atoms with van der Waals surface area (Å²) in [5.74, 6) is 2.74. The zero-order valence-electron chi connectivity index (χ0n) is 36.3. The van der Waals surface area contributed by atoms with Crippen molar-refractivity contribution in [1.29, 1.82) is 0 Å². The molecule has 1 amide bonds. The second-order valence-corrected chi connectivity index (χ2v) is 18.5. The van der Waals surface area contributed by atoms with Gasteiger partial charge in [-0.05, 0) is 89.5 Å². The lowest BCUT2D eigenvalue weighted by Gasteiger charge is -2.47. The second-order valence-electron chi connectivity index (χ2n) is 17.6. The third-order valence-corrected chi connectivity index (χ3v) is 13.9. The first-order chi connectivity index (χ1) is 28.0. The molecule has 4 aliphatic heterocycles. The number of carbonyl (C=O) groups excluding carboxylic acids is 3. The fourth-order valence-electron chi connectivity index (χ4n) is 9.89. The Bertz CT molecular complexity index is 1890. The minimum Gasteiger partial charge on any atom is -0.458 e. The summed E-state index contributed by atoms with van der Waals surface area (Å²) in [6.45, 7) is 15.7. The molecule has 2 bridgehead atoms. The fourth-order valence-corrected chi connectivity index (χ4v) is 10.6. The smallest absolute Gasteiger partial charge is 0.410 e. The van der Waals surface area contributed by atoms with Crippen LogP contribution in [0.3, 0.4) is 0 Å². The van der Waals surface area contributed by atoms with Gasteiger partial charge in [-0.2, -0.15) is 0 Å². The molecular weight excluding hydrogens is 771 g/mol. The Morgan fingerprint density at radius 2 is 1.76 bits per heavy atom. The Hall–Kier alpha value is -3.64. The van der Waals surface area contributed by atoms with E-state index in [4.69, 9.17) is 28.7 Å². The Morgan fingerprint density at radius 1 is 1.03 bits per heavy atom. The minimum atomic E-state index is -1.22. The Morgan fingerprint density at radius 3 is 2.42 bits per heavy atom. The number of fused-ring (bicyclic) bond motifs is 1. The van der Waals surface area contributed by atoms with Crippen LogP contribution in [0.5, 0.6) is 0 Å². The van der Waals surface area contributed by atoms with Crippen LogP contribution in [0, 0.1) is 35.5 Å². The monoisotopic (exact) mass is 833 g/mol. The summed E-state index contributed by atoms with van der Waals surface area (Å²) >= 11 is 1.70. The summed E-state index contributed by atoms with van der Waals surface area (Å²) in [4.78, 5) is 52.0. The molecule has 5 heterocycles. The number of nitrogens with zero attached hydrogens (tertiary/aromatic N) is 3. The molecule has 0 saturated carbocycles. The van der Waals surface area contributed by atoms with Gasteiger partial charge in [-0.25, -0.2) is 4.79 Å². The number of benzene rings is 1. The Kier molecular flexibility index (Phi) is 14.1. The fraction of sp³-hybridized carbons (Fsp3) is 0.652. The maximum absolute atomic E-state index is 14.6. The summed E-state index contributed by atoms with van der Waals surface area (Å²) in [7, 11) is 3.81. The van der Waals surface area contributed by atoms with E-state index in [-0.39, 0.29) is 30.6 Å². The van der Waals surface area contributed by atoms with Crippen LogP contribution in [0.4, 0.5) is 4.79 Å². The highest BCUT2D eigenvalue weighted by Crippen LogP contribution is 2.44. The zero-order chi connectivity index (χ0) is 42.8. The van der Waals surface area contributed by atoms with Crippen molar-refractivity contribution < 1.29 is 43.2 Å². The number of hydrogen-bond acceptors (Lipinski definition) is 12. The Labute approximate surface area is 354 Å². The number of ether oxygens (including phenoxy) is 5. The van der Waals surface area contributed by atoms with E-state index < -0.39 is 71.5 Å². The zero-order valence-corrected chi connectivity index (χ0v) is 37.1. The molecule has 1 N–H and O–H groups in total. The van der Waals surface area contributed by atoms with E-state index in [1.807, 2.05) is 59.7 Å². The van der Waals surface area contributed by atoms with Gasteiger partial charge in [0.15, 0.2) is 17.7 Å². The maximum atomic E-state index is 14.6. The highest BCUT2D eigenvalue weighted by Gasteiger charge is 2.60. The second kappa shape index (κ2) is 18.5. The van der Waals surface area contributed by atoms with Crippen LogP contribution in [0.15, 0.2) is 46.8 Å². The molecule has 1 aromatic heterocycles. The van der Waals surface area contributed by atoms with E-state index >= 15 is 0 Å². The van der Waals surface area contributed by atoms with Crippen LogP contribution < -0.4 is 0 Å². The van der Waals surface area contributed by atoms with E-state index in [9.17, 15) is 19.5 Å². The predicted octanol–water partition coefficient (Wildman–Crippen LogP) is 6.42. The molecule has 6 rings (SSSR count). The molecule has 2 aromatic rings. The summed E-state index contributed by atoms with van der Waals surface area (Å²) in [5.41, 5.74) is 0.694. The molecule has 4 aliphatic rings. The van der Waals surface area contributed by atoms with Crippen LogP contribution in [0.2, 0.25) is 0 Å². The molecule has 0 radical (unpaired) electrons. The minimum absolute atomic E-state index is 0.0245. The van der Waals surface area contributed by atoms with Crippen LogP contribution >= 0.6 is 11.3 Å². The number of hydrogen-bond donors (Lipinski definition) is 1. The number of Topliss-reactive ketones (excluding diaryl/α,β-unsaturated/α-hetero) is 1. The topological polar surface area (TPSA) is 136 Å². The normalized spacial score (nSPS) is 36.8. The largest absolute Gasteiger partial charge is 0.458 e. The van der Waals surface area contributed by atoms with Crippen molar-refractivity contribution in [2.75, 3.05) is 33.8 Å². The molecule has 0 aliphatic carbocycles. The number of carbonyl (C=O) groups is 3. The quantitative estimate of drug-likeness (QED) is 0.180. The molecular formula is C46H63N3O9S. The van der Waals surface area contributed by atoms with Gasteiger partial charge >= 0.3 is 12.1 Å². The third kappa shape index (κ3) is 9.33. The van der Waals surface area contributed by atoms with Crippen LogP contribution in [0.25, 0.3) is 10.4 Å². The molecule has 3 fully saturated rings. The molecule has 12 nitrogen and oxygen atoms in total. The lowest BCUT2D eigenvalue weighted by Crippen LogP contribution is -2.60. The van der Waals surface area contributed by atoms with Crippen molar-refractivity contribution in [2.45, 2.75) is 135 Å². The van der Waals surface area contributed by atoms with Gasteiger partial charge in [0.05, 0.1) is 30.4 Å². The summed E-state index contributed by atoms with van der Waals surface area (Å²) in [5, 5.41) is 13.7. The number of aliphatic imine (C=N–C) groups is 1. The van der Waals surface area contributed by atoms with Crippen molar-refractivity contribution in [3.63, 3.8) is 0 Å². The van der Waals surface area contributed by atoms with Gasteiger partial charge in [-0.3, -0.25) is 19.5 Å². The summed E-state index contributed by atoms with van der Waals surface area (Å²) in [6, 6.07) is 11.8. The van der Waals surface area contributed by atoms with E-state index in [0.717, 1.165) is 16.8 Å². The van der Waals surface area contributed by atoms with E-state index in [1.165, 1.54) is 4.88 Å². The first-order valence-electron chi connectivity index (χ1n) is 21.1. The Balaban J connectivity index is 1.37. The van der Waals surface area contributed by atoms with E-state index in [0.29, 0.717) is 38.8 Å². The first kappa shape index (κ1) is 44.9. The van der Waals surface area contributed by atoms with Crippen LogP contribution in [0.1, 0.15) is 80.2 Å². The molecule has 13 atom stereocenters. The number of aliphatic hydroxyl groups is 1. The van der Waals surface area contributed by atoms with Crippen LogP contribution in [-0.2, 0) is 39.7 Å². The number of ketones is 1. The number of esters is 1. The number of aliphatic hydroxyl groups excluding tert-OH is 1. The van der Waals surface area contributed by atoms with Crippen LogP contribution in [-0.4, -0.2) is 126 Å². The number of thiophene rings is 1. The average molecular weight is 834 g/mol. The first-order valence-corrected chi connectivity index (χ1v) is 22.0. The molecule has 0 spiro atoms. The molecule has 322 valence electrons. The maximum Gasteiger partial charge on any atom is 0.410 e. The van der Waals surface area contributed by atoms with Gasteiger partial charge in [0.2, 0.25) is 0 Å². The number of cyclic esters (lactones) is 1. The van der Waals surface area contributed by atoms with Crippen molar-refractivity contribution in [3.05, 3.63) is 47.3 Å². The summed E-state index contributed by atoms with van der Waals surface area (Å²) < 4.78 is 32.3. The number of amides is 1. The third-order valence-electron chi connectivity index (χ3n) is 13.0. The van der Waals surface area contributed by atoms with Gasteiger partial charge in [-0.15, -0.1) is 11.3 Å². The van der Waals surface area contributed by atoms with Crippen molar-refractivity contribution in [1.82, 2.24) is 9.80 Å². The molecule has 3 saturated heterocycles. The van der Waals surface area contributed by atoms with Gasteiger partial charge < -0.3 is 33.7 Å². The highest BCUT2D eigenvalue weighted by atomic mass is 32.1. The molecule has 59 heavy (non-hydrogen) atoms. The standard InChI is InChI=1S/C46H63N3O9S/c1-11-36-46(8)40-29(4)37(47-21-22-49(40)44(53)58-46)27(2)26-45(7,54-23-13-12-15-32-17-19-33(20-18-32)35-16-14-24-59-35)41(30(5)38(50)31(6)42(52)56-36)57-43-39(51)34(48(9)10)25-28(3)55-43/h14,16-20,24,27-31,34,36,39-41,43,51H,11,15,21-23,25-26H2,1-10H3/t27-,28-,29+,30+,31-,34+,36-,39-,40-,41-,43+,45-,46-/m1/s1. The van der Waals surface area contributed by atoms with Gasteiger partial charge in [0, 0.05) is 41.4 Å². The van der Waals surface area contributed by atoms with Gasteiger partial charge in [0.1, 0.15) is 24.7 Å². The van der Waals surface area contributed by atoms with Gasteiger partial charge in [0.25, 0.3) is 0 Å². The number of rotatable bonds is 8. The van der Waals surface area contributed by atoms with Crippen molar-refractivity contribution in [2.24, 2.45) is 28.7 Å². The van der Waals surface area contributed by atoms with E-state index in [1.54, 1.807) is 30.1 Å². The average Bonchev–Trinajstić information content (AvgIpc) is 3.78. The van der Waals surface area contributed by atoms with Gasteiger partial charge in [-0.1, -0.05) is 69.9 Å². The van der Waals surface area contributed by atoms with E-state index in [2.05, 4.69) is 54.5 Å². The van der Waals surface area contributed by atoms with Crippen molar-refractivity contribution in [3.8, 4) is 22.3 Å². The lowest BCUT2D eigenvalue weighted by molar-refractivity contribution is -0.296.